The molecule has 1 unspecified atom stereocenters. The molecule has 2 aromatic heterocycles. The third-order valence-electron chi connectivity index (χ3n) is 5.55. The lowest BCUT2D eigenvalue weighted by molar-refractivity contribution is -0.125. The Hall–Kier alpha value is -2.45. The van der Waals surface area contributed by atoms with Gasteiger partial charge >= 0.3 is 0 Å². The smallest absolute Gasteiger partial charge is 0.222 e. The third-order valence-corrected chi connectivity index (χ3v) is 7.25. The summed E-state index contributed by atoms with van der Waals surface area (Å²) in [4.78, 5) is 21.6. The van der Waals surface area contributed by atoms with Gasteiger partial charge in [-0.2, -0.15) is 0 Å². The average Bonchev–Trinajstić information content (AvgIpc) is 3.15. The minimum atomic E-state index is -1.18. The zero-order valence-electron chi connectivity index (χ0n) is 19.1. The Morgan fingerprint density at radius 3 is 2.87 bits per heavy atom. The Bertz CT molecular complexity index is 922. The molecule has 7 nitrogen and oxygen atoms in total. The van der Waals surface area contributed by atoms with E-state index in [9.17, 15) is 4.79 Å². The molecule has 0 spiro atoms. The summed E-state index contributed by atoms with van der Waals surface area (Å²) in [7, 11) is 0.418. The molecule has 1 aliphatic rings. The van der Waals surface area contributed by atoms with E-state index < -0.39 is 13.6 Å². The summed E-state index contributed by atoms with van der Waals surface area (Å²) in [6.45, 7) is 12.0. The number of imidazole rings is 1. The van der Waals surface area contributed by atoms with Crippen molar-refractivity contribution in [2.24, 2.45) is 0 Å². The van der Waals surface area contributed by atoms with Crippen molar-refractivity contribution in [2.45, 2.75) is 63.6 Å². The molecule has 0 radical (unpaired) electrons. The third kappa shape index (κ3) is 5.62. The van der Waals surface area contributed by atoms with E-state index in [2.05, 4.69) is 36.5 Å². The Morgan fingerprint density at radius 2 is 2.19 bits per heavy atom. The summed E-state index contributed by atoms with van der Waals surface area (Å²) in [5.41, 5.74) is 0.965. The van der Waals surface area contributed by atoms with Crippen LogP contribution < -0.4 is 10.1 Å². The normalized spacial score (nSPS) is 19.2. The number of nitrogens with zero attached hydrogens (tertiary/aromatic N) is 3. The lowest BCUT2D eigenvalue weighted by Gasteiger charge is -2.37. The van der Waals surface area contributed by atoms with Crippen LogP contribution >= 0.6 is 0 Å². The summed E-state index contributed by atoms with van der Waals surface area (Å²) < 4.78 is 13.5. The number of rotatable bonds is 10. The maximum absolute atomic E-state index is 12.3. The molecule has 0 aliphatic carbocycles. The number of piperidine rings is 1. The number of aromatic nitrogens is 3. The van der Waals surface area contributed by atoms with Gasteiger partial charge in [-0.15, -0.1) is 6.58 Å². The number of methoxy groups -OCH3 is 1. The van der Waals surface area contributed by atoms with Crippen molar-refractivity contribution >= 4 is 14.0 Å². The van der Waals surface area contributed by atoms with E-state index in [1.807, 2.05) is 29.0 Å². The van der Waals surface area contributed by atoms with Crippen molar-refractivity contribution in [3.8, 4) is 17.1 Å². The minimum Gasteiger partial charge on any atom is -0.481 e. The highest BCUT2D eigenvalue weighted by Gasteiger charge is 2.40. The Morgan fingerprint density at radius 1 is 1.39 bits per heavy atom. The number of amides is 1. The molecule has 8 heteroatoms. The zero-order valence-corrected chi connectivity index (χ0v) is 20.1. The van der Waals surface area contributed by atoms with E-state index >= 15 is 0 Å². The molecule has 3 heterocycles. The predicted molar refractivity (Wildman–Crippen MR) is 125 cm³/mol. The van der Waals surface area contributed by atoms with Crippen LogP contribution in [-0.4, -0.2) is 42.2 Å². The van der Waals surface area contributed by atoms with Crippen LogP contribution in [0, 0.1) is 0 Å². The first-order valence-electron chi connectivity index (χ1n) is 10.8. The molecule has 1 N–H and O–H groups in total. The summed E-state index contributed by atoms with van der Waals surface area (Å²) in [6.07, 6.45) is 8.27. The maximum Gasteiger partial charge on any atom is 0.222 e. The monoisotopic (exact) mass is 442 g/mol. The van der Waals surface area contributed by atoms with Gasteiger partial charge in [0, 0.05) is 33.5 Å². The van der Waals surface area contributed by atoms with Crippen LogP contribution in [0.5, 0.6) is 5.88 Å². The van der Waals surface area contributed by atoms with Crippen LogP contribution in [0.25, 0.3) is 11.3 Å². The van der Waals surface area contributed by atoms with Gasteiger partial charge in [0.2, 0.25) is 11.8 Å². The number of ether oxygens (including phenoxy) is 2. The van der Waals surface area contributed by atoms with Crippen LogP contribution in [0.1, 0.15) is 31.5 Å². The molecular formula is C23H34N4O3Si. The molecule has 1 aliphatic heterocycles. The molecule has 31 heavy (non-hydrogen) atoms. The van der Waals surface area contributed by atoms with E-state index in [0.29, 0.717) is 32.1 Å². The molecule has 3 rings (SSSR count). The van der Waals surface area contributed by atoms with E-state index in [4.69, 9.17) is 14.5 Å². The van der Waals surface area contributed by atoms with Crippen molar-refractivity contribution in [1.29, 1.82) is 0 Å². The molecule has 0 aromatic carbocycles. The van der Waals surface area contributed by atoms with E-state index in [0.717, 1.165) is 36.0 Å². The SMILES string of the molecule is C=CCC1(c2nc(-c3cccnc3OC)cn2COCC[Si](C)(C)C)CCCC(=O)N1. The van der Waals surface area contributed by atoms with Gasteiger partial charge in [-0.3, -0.25) is 4.79 Å². The van der Waals surface area contributed by atoms with Crippen LogP contribution in [0.2, 0.25) is 25.7 Å². The fourth-order valence-electron chi connectivity index (χ4n) is 3.92. The summed E-state index contributed by atoms with van der Waals surface area (Å²) >= 11 is 0. The van der Waals surface area contributed by atoms with Gasteiger partial charge in [-0.05, 0) is 37.4 Å². The van der Waals surface area contributed by atoms with Gasteiger partial charge in [-0.25, -0.2) is 9.97 Å². The number of pyridine rings is 1. The first-order valence-corrected chi connectivity index (χ1v) is 14.6. The van der Waals surface area contributed by atoms with Gasteiger partial charge in [0.1, 0.15) is 18.1 Å². The predicted octanol–water partition coefficient (Wildman–Crippen LogP) is 4.34. The fourth-order valence-corrected chi connectivity index (χ4v) is 4.67. The molecule has 0 bridgehead atoms. The Labute approximate surface area is 185 Å². The molecule has 1 amide bonds. The van der Waals surface area contributed by atoms with E-state index in [1.54, 1.807) is 13.3 Å². The molecule has 1 atom stereocenters. The minimum absolute atomic E-state index is 0.0443. The Balaban J connectivity index is 1.99. The zero-order chi connectivity index (χ0) is 22.5. The second-order valence-electron chi connectivity index (χ2n) is 9.30. The van der Waals surface area contributed by atoms with Crippen LogP contribution in [0.3, 0.4) is 0 Å². The van der Waals surface area contributed by atoms with Gasteiger partial charge in [-0.1, -0.05) is 25.7 Å². The summed E-state index contributed by atoms with van der Waals surface area (Å²) in [5, 5.41) is 3.21. The largest absolute Gasteiger partial charge is 0.481 e. The quantitative estimate of drug-likeness (QED) is 0.336. The molecule has 1 saturated heterocycles. The van der Waals surface area contributed by atoms with Crippen molar-refractivity contribution < 1.29 is 14.3 Å². The Kier molecular flexibility index (Phi) is 7.33. The van der Waals surface area contributed by atoms with Crippen LogP contribution in [0.4, 0.5) is 0 Å². The first kappa shape index (κ1) is 23.2. The fraction of sp³-hybridized carbons (Fsp3) is 0.522. The van der Waals surface area contributed by atoms with Crippen LogP contribution in [0.15, 0.2) is 37.2 Å². The molecular weight excluding hydrogens is 408 g/mol. The van der Waals surface area contributed by atoms with Gasteiger partial charge < -0.3 is 19.4 Å². The van der Waals surface area contributed by atoms with Gasteiger partial charge in [0.05, 0.1) is 18.4 Å². The summed E-state index contributed by atoms with van der Waals surface area (Å²) in [6, 6.07) is 4.89. The maximum atomic E-state index is 12.3. The van der Waals surface area contributed by atoms with Crippen molar-refractivity contribution in [3.05, 3.63) is 43.0 Å². The number of nitrogens with one attached hydrogen (secondary N) is 1. The highest BCUT2D eigenvalue weighted by Crippen LogP contribution is 2.36. The van der Waals surface area contributed by atoms with E-state index in [1.165, 1.54) is 0 Å². The highest BCUT2D eigenvalue weighted by atomic mass is 28.3. The topological polar surface area (TPSA) is 78.3 Å². The molecule has 2 aromatic rings. The number of hydrogen-bond acceptors (Lipinski definition) is 5. The lowest BCUT2D eigenvalue weighted by Crippen LogP contribution is -2.50. The second-order valence-corrected chi connectivity index (χ2v) is 14.9. The van der Waals surface area contributed by atoms with Crippen molar-refractivity contribution in [2.75, 3.05) is 13.7 Å². The second kappa shape index (κ2) is 9.78. The summed E-state index contributed by atoms with van der Waals surface area (Å²) in [5.74, 6) is 1.35. The van der Waals surface area contributed by atoms with Crippen molar-refractivity contribution in [3.63, 3.8) is 0 Å². The molecule has 1 fully saturated rings. The van der Waals surface area contributed by atoms with Crippen molar-refractivity contribution in [1.82, 2.24) is 19.9 Å². The number of hydrogen-bond donors (Lipinski definition) is 1. The highest BCUT2D eigenvalue weighted by molar-refractivity contribution is 6.76. The molecule has 0 saturated carbocycles. The lowest BCUT2D eigenvalue weighted by atomic mass is 9.84. The number of carbonyl (C=O) groups excluding carboxylic acids is 1. The first-order chi connectivity index (χ1) is 14.8. The van der Waals surface area contributed by atoms with E-state index in [-0.39, 0.29) is 5.91 Å². The average molecular weight is 443 g/mol. The number of carbonyl (C=O) groups is 1. The van der Waals surface area contributed by atoms with Gasteiger partial charge in [0.15, 0.2) is 0 Å². The standard InChI is InChI=1S/C23H34N4O3Si/c1-6-11-23(12-7-10-20(28)26-23)22-25-19(18-9-8-13-24-21(18)29-2)16-27(22)17-30-14-15-31(3,4)5/h6,8-9,13,16H,1,7,10-12,14-15,17H2,2-5H3,(H,26,28). The molecule has 168 valence electrons. The van der Waals surface area contributed by atoms with Crippen LogP contribution in [-0.2, 0) is 21.8 Å². The van der Waals surface area contributed by atoms with Gasteiger partial charge in [0.25, 0.3) is 0 Å².